The van der Waals surface area contributed by atoms with Gasteiger partial charge in [0.25, 0.3) is 0 Å². The van der Waals surface area contributed by atoms with Crippen molar-refractivity contribution in [1.82, 2.24) is 0 Å². The predicted octanol–water partition coefficient (Wildman–Crippen LogP) is 7.60. The molecule has 0 aliphatic heterocycles. The molecule has 0 aliphatic rings. The van der Waals surface area contributed by atoms with Crippen LogP contribution in [0.2, 0.25) is 0 Å². The molecule has 0 atom stereocenters. The summed E-state index contributed by atoms with van der Waals surface area (Å²) >= 11 is 14.1. The average molecular weight is 442 g/mol. The van der Waals surface area contributed by atoms with Crippen LogP contribution in [0.4, 0.5) is 27.3 Å². The first kappa shape index (κ1) is 29.7. The molecule has 0 unspecified atom stereocenters. The first-order valence-electron chi connectivity index (χ1n) is 6.64. The van der Waals surface area contributed by atoms with Gasteiger partial charge in [0, 0.05) is 14.7 Å². The van der Waals surface area contributed by atoms with Gasteiger partial charge in [-0.25, -0.2) is 13.2 Å². The Balaban J connectivity index is -0.000000303. The molecule has 0 aromatic heterocycles. The van der Waals surface area contributed by atoms with Gasteiger partial charge in [0.2, 0.25) is 0 Å². The fraction of sp³-hybridized carbons (Fsp3) is 0. The second kappa shape index (κ2) is 16.1. The van der Waals surface area contributed by atoms with Gasteiger partial charge in [0.05, 0.1) is 0 Å². The van der Waals surface area contributed by atoms with Gasteiger partial charge in [-0.2, -0.15) is 0 Å². The molecule has 0 aliphatic carbocycles. The maximum atomic E-state index is 12.0. The van der Waals surface area contributed by atoms with Crippen molar-refractivity contribution in [2.24, 2.45) is 0 Å². The Labute approximate surface area is 170 Å². The fourth-order valence-electron chi connectivity index (χ4n) is 1.30. The summed E-state index contributed by atoms with van der Waals surface area (Å²) in [6.45, 7) is 0. The lowest BCUT2D eigenvalue weighted by molar-refractivity contribution is 0.626. The quantitative estimate of drug-likeness (QED) is 0.315. The van der Waals surface area contributed by atoms with E-state index in [1.807, 2.05) is 0 Å². The van der Waals surface area contributed by atoms with Gasteiger partial charge in [-0.05, 0) is 72.8 Å². The molecule has 0 bridgehead atoms. The van der Waals surface area contributed by atoms with Gasteiger partial charge >= 0.3 is 0 Å². The standard InChI is InChI=1S/3C6H4FS.3FH/c3*7-5-1-3-6(8)4-2-5;;;/h3*1-4H;3*1H. The minimum Gasteiger partial charge on any atom is -0.269 e. The third kappa shape index (κ3) is 14.7. The van der Waals surface area contributed by atoms with Crippen molar-refractivity contribution in [2.45, 2.75) is 14.7 Å². The Hall–Kier alpha value is -2.10. The molecule has 0 amide bonds. The van der Waals surface area contributed by atoms with E-state index in [2.05, 4.69) is 0 Å². The lowest BCUT2D eigenvalue weighted by Crippen LogP contribution is -1.68. The van der Waals surface area contributed by atoms with Crippen molar-refractivity contribution in [1.29, 1.82) is 0 Å². The monoisotopic (exact) mass is 441 g/mol. The molecule has 9 heteroatoms. The van der Waals surface area contributed by atoms with Crippen molar-refractivity contribution >= 4 is 37.9 Å². The zero-order valence-electron chi connectivity index (χ0n) is 13.5. The molecule has 0 heterocycles. The summed E-state index contributed by atoms with van der Waals surface area (Å²) in [5.74, 6) is -0.712. The molecule has 0 spiro atoms. The Morgan fingerprint density at radius 2 is 0.519 bits per heavy atom. The molecule has 0 saturated carbocycles. The van der Waals surface area contributed by atoms with Crippen LogP contribution >= 0.6 is 37.9 Å². The van der Waals surface area contributed by atoms with Crippen molar-refractivity contribution in [2.75, 3.05) is 0 Å². The largest absolute Gasteiger partial charge is 0.269 e. The second-order valence-electron chi connectivity index (χ2n) is 4.36. The fourth-order valence-corrected chi connectivity index (χ4v) is 1.71. The van der Waals surface area contributed by atoms with E-state index >= 15 is 0 Å². The molecule has 3 aromatic carbocycles. The maximum absolute atomic E-state index is 12.0. The van der Waals surface area contributed by atoms with Gasteiger partial charge < -0.3 is 0 Å². The number of rotatable bonds is 0. The van der Waals surface area contributed by atoms with E-state index in [9.17, 15) is 13.2 Å². The molecule has 0 saturated heterocycles. The zero-order valence-corrected chi connectivity index (χ0v) is 16.0. The topological polar surface area (TPSA) is 0 Å². The molecule has 3 aromatic rings. The molecule has 0 N–H and O–H groups in total. The van der Waals surface area contributed by atoms with Gasteiger partial charge in [-0.15, -0.1) is 0 Å². The average Bonchev–Trinajstić information content (AvgIpc) is 2.57. The van der Waals surface area contributed by atoms with Crippen molar-refractivity contribution in [3.05, 3.63) is 90.2 Å². The van der Waals surface area contributed by atoms with Crippen LogP contribution in [-0.2, 0) is 0 Å². The van der Waals surface area contributed by atoms with Crippen LogP contribution in [0.3, 0.4) is 0 Å². The number of halogens is 6. The number of hydrogen-bond acceptors (Lipinski definition) is 0. The highest BCUT2D eigenvalue weighted by atomic mass is 32.1. The first-order valence-corrected chi connectivity index (χ1v) is 7.87. The highest BCUT2D eigenvalue weighted by Crippen LogP contribution is 2.06. The summed E-state index contributed by atoms with van der Waals surface area (Å²) in [7, 11) is 0. The maximum Gasteiger partial charge on any atom is 0.123 e. The minimum absolute atomic E-state index is 0. The van der Waals surface area contributed by atoms with E-state index < -0.39 is 0 Å². The lowest BCUT2D eigenvalue weighted by atomic mass is 10.4. The van der Waals surface area contributed by atoms with E-state index in [1.165, 1.54) is 36.4 Å². The molecule has 147 valence electrons. The molecule has 3 radical (unpaired) electrons. The van der Waals surface area contributed by atoms with E-state index in [0.717, 1.165) is 0 Å². The molecule has 0 fully saturated rings. The van der Waals surface area contributed by atoms with Gasteiger partial charge in [0.1, 0.15) is 17.5 Å². The van der Waals surface area contributed by atoms with Crippen LogP contribution < -0.4 is 0 Å². The van der Waals surface area contributed by atoms with Gasteiger partial charge in [0.15, 0.2) is 0 Å². The third-order valence-corrected chi connectivity index (χ3v) is 3.26. The van der Waals surface area contributed by atoms with Crippen LogP contribution in [-0.4, -0.2) is 0 Å². The molecule has 27 heavy (non-hydrogen) atoms. The summed E-state index contributed by atoms with van der Waals surface area (Å²) in [5.41, 5.74) is 0. The minimum atomic E-state index is -0.237. The Morgan fingerprint density at radius 3 is 0.630 bits per heavy atom. The third-order valence-electron chi connectivity index (χ3n) is 2.44. The molecule has 0 nitrogen and oxygen atoms in total. The molecule has 3 rings (SSSR count). The van der Waals surface area contributed by atoms with Crippen LogP contribution in [0.15, 0.2) is 87.5 Å². The van der Waals surface area contributed by atoms with Gasteiger partial charge in [-0.3, -0.25) is 14.1 Å². The summed E-state index contributed by atoms with van der Waals surface area (Å²) in [4.78, 5) is 2.02. The van der Waals surface area contributed by atoms with Crippen LogP contribution in [0.5, 0.6) is 0 Å². The first-order chi connectivity index (χ1) is 11.4. The normalized spacial score (nSPS) is 8.11. The molecular weight excluding hydrogens is 426 g/mol. The highest BCUT2D eigenvalue weighted by Gasteiger charge is 1.86. The smallest absolute Gasteiger partial charge is 0.123 e. The predicted molar refractivity (Wildman–Crippen MR) is 104 cm³/mol. The summed E-state index contributed by atoms with van der Waals surface area (Å²) in [5, 5.41) is 0. The lowest BCUT2D eigenvalue weighted by Gasteiger charge is -1.85. The van der Waals surface area contributed by atoms with Gasteiger partial charge in [-0.1, -0.05) is 37.9 Å². The van der Waals surface area contributed by atoms with E-state index in [-0.39, 0.29) is 31.6 Å². The summed E-state index contributed by atoms with van der Waals surface area (Å²) < 4.78 is 36.1. The van der Waals surface area contributed by atoms with Crippen LogP contribution in [0, 0.1) is 17.5 Å². The highest BCUT2D eigenvalue weighted by molar-refractivity contribution is 7.80. The van der Waals surface area contributed by atoms with E-state index in [0.29, 0.717) is 14.7 Å². The second-order valence-corrected chi connectivity index (χ2v) is 5.78. The van der Waals surface area contributed by atoms with Crippen molar-refractivity contribution in [3.63, 3.8) is 0 Å². The SMILES string of the molecule is F.F.F.Fc1ccc([S])cc1.Fc1ccc([S])cc1.Fc1ccc([S])cc1. The number of hydrogen-bond donors (Lipinski definition) is 0. The Bertz CT molecular complexity index is 553. The summed E-state index contributed by atoms with van der Waals surface area (Å²) in [6, 6.07) is 17.5. The molecular formula is C18H15F6S3. The van der Waals surface area contributed by atoms with Crippen LogP contribution in [0.1, 0.15) is 0 Å². The van der Waals surface area contributed by atoms with Crippen LogP contribution in [0.25, 0.3) is 0 Å². The number of benzene rings is 3. The Kier molecular flexibility index (Phi) is 17.7. The van der Waals surface area contributed by atoms with Crippen molar-refractivity contribution in [3.8, 4) is 0 Å². The Morgan fingerprint density at radius 1 is 0.370 bits per heavy atom. The van der Waals surface area contributed by atoms with Crippen molar-refractivity contribution < 1.29 is 27.3 Å². The summed E-state index contributed by atoms with van der Waals surface area (Å²) in [6.07, 6.45) is 0. The zero-order chi connectivity index (χ0) is 17.9. The van der Waals surface area contributed by atoms with E-state index in [1.54, 1.807) is 36.4 Å². The van der Waals surface area contributed by atoms with E-state index in [4.69, 9.17) is 37.9 Å².